The summed E-state index contributed by atoms with van der Waals surface area (Å²) < 4.78 is 0. The average Bonchev–Trinajstić information content (AvgIpc) is 2.92. The molecule has 1 aliphatic heterocycles. The van der Waals surface area contributed by atoms with Gasteiger partial charge in [-0.1, -0.05) is 23.7 Å². The number of ketones is 1. The maximum absolute atomic E-state index is 12.6. The number of carboxylic acids is 1. The Hall–Kier alpha value is -3.72. The lowest BCUT2D eigenvalue weighted by Gasteiger charge is -2.23. The summed E-state index contributed by atoms with van der Waals surface area (Å²) in [6.07, 6.45) is 0. The maximum atomic E-state index is 12.6. The van der Waals surface area contributed by atoms with Gasteiger partial charge in [-0.2, -0.15) is 0 Å². The summed E-state index contributed by atoms with van der Waals surface area (Å²) in [5, 5.41) is 31.4. The molecular formula is C19H13ClN2O7. The summed E-state index contributed by atoms with van der Waals surface area (Å²) >= 11 is 5.82. The summed E-state index contributed by atoms with van der Waals surface area (Å²) in [4.78, 5) is 47.5. The van der Waals surface area contributed by atoms with Gasteiger partial charge in [0.2, 0.25) is 0 Å². The molecule has 1 atom stereocenters. The quantitative estimate of drug-likeness (QED) is 0.251. The molecule has 9 nitrogen and oxygen atoms in total. The van der Waals surface area contributed by atoms with Crippen LogP contribution < -0.4 is 0 Å². The fourth-order valence-electron chi connectivity index (χ4n) is 3.11. The standard InChI is InChI=1S/C19H13ClN2O7/c20-12-6-4-10(5-7-12)17(25)15-16(11-2-1-3-13(8-11)22(28)29)21(9-14(23)24)19(27)18(15)26/h1-8,16,25H,9H2,(H,23,24). The third-order valence-electron chi connectivity index (χ3n) is 4.36. The first-order valence-corrected chi connectivity index (χ1v) is 8.59. The Morgan fingerprint density at radius 2 is 1.79 bits per heavy atom. The molecule has 1 unspecified atom stereocenters. The highest BCUT2D eigenvalue weighted by molar-refractivity contribution is 6.46. The van der Waals surface area contributed by atoms with E-state index in [4.69, 9.17) is 16.7 Å². The van der Waals surface area contributed by atoms with Crippen LogP contribution in [-0.4, -0.2) is 44.2 Å². The van der Waals surface area contributed by atoms with Gasteiger partial charge in [-0.15, -0.1) is 0 Å². The summed E-state index contributed by atoms with van der Waals surface area (Å²) in [5.41, 5.74) is -0.373. The van der Waals surface area contributed by atoms with Gasteiger partial charge in [0, 0.05) is 22.7 Å². The first kappa shape index (κ1) is 20.0. The van der Waals surface area contributed by atoms with Gasteiger partial charge in [-0.05, 0) is 29.8 Å². The Morgan fingerprint density at radius 1 is 1.14 bits per heavy atom. The van der Waals surface area contributed by atoms with Gasteiger partial charge in [0.25, 0.3) is 17.4 Å². The van der Waals surface area contributed by atoms with Crippen molar-refractivity contribution in [2.45, 2.75) is 6.04 Å². The molecule has 0 saturated carbocycles. The van der Waals surface area contributed by atoms with E-state index in [9.17, 15) is 29.6 Å². The van der Waals surface area contributed by atoms with Crippen molar-refractivity contribution in [2.75, 3.05) is 6.54 Å². The molecule has 1 aliphatic rings. The van der Waals surface area contributed by atoms with Gasteiger partial charge in [0.05, 0.1) is 16.5 Å². The average molecular weight is 417 g/mol. The van der Waals surface area contributed by atoms with E-state index in [1.54, 1.807) is 0 Å². The molecule has 0 aromatic heterocycles. The minimum atomic E-state index is -1.38. The van der Waals surface area contributed by atoms with Gasteiger partial charge < -0.3 is 15.1 Å². The Bertz CT molecular complexity index is 1060. The fraction of sp³-hybridized carbons (Fsp3) is 0.105. The molecule has 0 spiro atoms. The number of hydrogen-bond acceptors (Lipinski definition) is 6. The normalized spacial score (nSPS) is 18.1. The first-order chi connectivity index (χ1) is 13.7. The number of non-ortho nitro benzene ring substituents is 1. The van der Waals surface area contributed by atoms with Crippen molar-refractivity contribution < 1.29 is 29.5 Å². The van der Waals surface area contributed by atoms with E-state index in [0.29, 0.717) is 5.02 Å². The molecule has 2 aromatic carbocycles. The minimum absolute atomic E-state index is 0.121. The van der Waals surface area contributed by atoms with Crippen molar-refractivity contribution in [1.29, 1.82) is 0 Å². The number of carboxylic acid groups (broad SMARTS) is 1. The van der Waals surface area contributed by atoms with Crippen LogP contribution in [0.1, 0.15) is 17.2 Å². The zero-order valence-electron chi connectivity index (χ0n) is 14.6. The molecule has 2 aromatic rings. The molecule has 0 radical (unpaired) electrons. The lowest BCUT2D eigenvalue weighted by molar-refractivity contribution is -0.384. The van der Waals surface area contributed by atoms with Crippen molar-refractivity contribution in [3.8, 4) is 0 Å². The van der Waals surface area contributed by atoms with Crippen LogP contribution in [-0.2, 0) is 14.4 Å². The predicted molar refractivity (Wildman–Crippen MR) is 101 cm³/mol. The van der Waals surface area contributed by atoms with Gasteiger partial charge in [0.15, 0.2) is 0 Å². The van der Waals surface area contributed by atoms with Crippen molar-refractivity contribution >= 4 is 40.7 Å². The SMILES string of the molecule is O=C(O)CN1C(=O)C(=O)C(=C(O)c2ccc(Cl)cc2)C1c1cccc([N+](=O)[O-])c1. The number of amides is 1. The van der Waals surface area contributed by atoms with Gasteiger partial charge in [-0.3, -0.25) is 24.5 Å². The van der Waals surface area contributed by atoms with E-state index < -0.39 is 40.9 Å². The minimum Gasteiger partial charge on any atom is -0.507 e. The topological polar surface area (TPSA) is 138 Å². The molecule has 3 rings (SSSR count). The van der Waals surface area contributed by atoms with E-state index >= 15 is 0 Å². The monoisotopic (exact) mass is 416 g/mol. The van der Waals surface area contributed by atoms with Gasteiger partial charge in [-0.25, -0.2) is 0 Å². The molecule has 1 fully saturated rings. The van der Waals surface area contributed by atoms with Crippen LogP contribution in [0.5, 0.6) is 0 Å². The number of nitrogens with zero attached hydrogens (tertiary/aromatic N) is 2. The molecule has 29 heavy (non-hydrogen) atoms. The van der Waals surface area contributed by atoms with Crippen LogP contribution in [0.15, 0.2) is 54.1 Å². The van der Waals surface area contributed by atoms with Crippen LogP contribution in [0.25, 0.3) is 5.76 Å². The van der Waals surface area contributed by atoms with Crippen molar-refractivity contribution in [3.63, 3.8) is 0 Å². The van der Waals surface area contributed by atoms with Crippen LogP contribution in [0.2, 0.25) is 5.02 Å². The van der Waals surface area contributed by atoms with Gasteiger partial charge >= 0.3 is 5.97 Å². The Balaban J connectivity index is 2.22. The number of aliphatic hydroxyl groups excluding tert-OH is 1. The molecule has 10 heteroatoms. The number of aliphatic hydroxyl groups is 1. The highest BCUT2D eigenvalue weighted by Crippen LogP contribution is 2.40. The Morgan fingerprint density at radius 3 is 2.38 bits per heavy atom. The van der Waals surface area contributed by atoms with E-state index in [-0.39, 0.29) is 22.4 Å². The molecule has 2 N–H and O–H groups in total. The number of rotatable bonds is 5. The molecule has 1 heterocycles. The number of carbonyl (C=O) groups excluding carboxylic acids is 2. The Labute approximate surface area is 168 Å². The van der Waals surface area contributed by atoms with Crippen molar-refractivity contribution in [3.05, 3.63) is 80.4 Å². The van der Waals surface area contributed by atoms with Crippen molar-refractivity contribution in [2.24, 2.45) is 0 Å². The fourth-order valence-corrected chi connectivity index (χ4v) is 3.23. The second kappa shape index (κ2) is 7.72. The number of aliphatic carboxylic acids is 1. The number of likely N-dealkylation sites (tertiary alicyclic amines) is 1. The van der Waals surface area contributed by atoms with E-state index in [0.717, 1.165) is 11.0 Å². The number of nitro benzene ring substituents is 1. The smallest absolute Gasteiger partial charge is 0.323 e. The third-order valence-corrected chi connectivity index (χ3v) is 4.61. The lowest BCUT2D eigenvalue weighted by Crippen LogP contribution is -2.34. The van der Waals surface area contributed by atoms with Gasteiger partial charge in [0.1, 0.15) is 12.3 Å². The molecular weight excluding hydrogens is 404 g/mol. The predicted octanol–water partition coefficient (Wildman–Crippen LogP) is 2.75. The largest absolute Gasteiger partial charge is 0.507 e. The molecule has 1 saturated heterocycles. The van der Waals surface area contributed by atoms with Crippen LogP contribution in [0, 0.1) is 10.1 Å². The first-order valence-electron chi connectivity index (χ1n) is 8.21. The van der Waals surface area contributed by atoms with Crippen LogP contribution in [0.3, 0.4) is 0 Å². The summed E-state index contributed by atoms with van der Waals surface area (Å²) in [7, 11) is 0. The molecule has 148 valence electrons. The highest BCUT2D eigenvalue weighted by atomic mass is 35.5. The van der Waals surface area contributed by atoms with Crippen LogP contribution in [0.4, 0.5) is 5.69 Å². The maximum Gasteiger partial charge on any atom is 0.323 e. The van der Waals surface area contributed by atoms with E-state index in [1.807, 2.05) is 0 Å². The lowest BCUT2D eigenvalue weighted by atomic mass is 9.95. The van der Waals surface area contributed by atoms with Crippen LogP contribution >= 0.6 is 11.6 Å². The third kappa shape index (κ3) is 3.81. The second-order valence-corrected chi connectivity index (χ2v) is 6.62. The zero-order valence-corrected chi connectivity index (χ0v) is 15.4. The summed E-state index contributed by atoms with van der Waals surface area (Å²) in [5.74, 6) is -4.13. The van der Waals surface area contributed by atoms with Crippen molar-refractivity contribution in [1.82, 2.24) is 4.90 Å². The Kier molecular flexibility index (Phi) is 5.33. The number of halogens is 1. The molecule has 1 amide bonds. The number of carbonyl (C=O) groups is 3. The summed E-state index contributed by atoms with van der Waals surface area (Å²) in [6, 6.07) is 9.57. The zero-order chi connectivity index (χ0) is 21.3. The van der Waals surface area contributed by atoms with E-state index in [1.165, 1.54) is 42.5 Å². The number of hydrogen-bond donors (Lipinski definition) is 2. The van der Waals surface area contributed by atoms with E-state index in [2.05, 4.69) is 0 Å². The number of Topliss-reactive ketones (excluding diaryl/α,β-unsaturated/α-hetero) is 1. The molecule has 0 bridgehead atoms. The number of benzene rings is 2. The summed E-state index contributed by atoms with van der Waals surface area (Å²) in [6.45, 7) is -0.824. The number of nitro groups is 1. The highest BCUT2D eigenvalue weighted by Gasteiger charge is 2.47. The molecule has 0 aliphatic carbocycles. The second-order valence-electron chi connectivity index (χ2n) is 6.18.